The zero-order valence-electron chi connectivity index (χ0n) is 9.63. The topological polar surface area (TPSA) is 37.0 Å². The molecule has 2 aromatic rings. The molecule has 84 valence electrons. The first-order valence-corrected chi connectivity index (χ1v) is 5.66. The maximum atomic E-state index is 5.33. The van der Waals surface area contributed by atoms with Gasteiger partial charge in [-0.2, -0.15) is 0 Å². The Hall–Kier alpha value is -1.48. The van der Waals surface area contributed by atoms with Crippen molar-refractivity contribution in [2.75, 3.05) is 14.2 Å². The SMILES string of the molecule is CNC1Cc2c[nH]c3cc(OC)cc(c23)C1. The van der Waals surface area contributed by atoms with E-state index in [1.807, 2.05) is 7.05 Å². The molecule has 1 unspecified atom stereocenters. The molecule has 0 amide bonds. The average Bonchev–Trinajstić information content (AvgIpc) is 2.73. The van der Waals surface area contributed by atoms with E-state index in [9.17, 15) is 0 Å². The largest absolute Gasteiger partial charge is 0.497 e. The second kappa shape index (κ2) is 3.52. The summed E-state index contributed by atoms with van der Waals surface area (Å²) in [4.78, 5) is 3.33. The molecule has 2 N–H and O–H groups in total. The lowest BCUT2D eigenvalue weighted by molar-refractivity contribution is 0.414. The van der Waals surface area contributed by atoms with Crippen LogP contribution in [-0.4, -0.2) is 25.2 Å². The van der Waals surface area contributed by atoms with Crippen LogP contribution in [0.2, 0.25) is 0 Å². The van der Waals surface area contributed by atoms with Gasteiger partial charge in [-0.25, -0.2) is 0 Å². The molecule has 1 aromatic heterocycles. The zero-order chi connectivity index (χ0) is 11.1. The molecule has 0 saturated heterocycles. The molecule has 1 aromatic carbocycles. The van der Waals surface area contributed by atoms with Gasteiger partial charge in [0.1, 0.15) is 5.75 Å². The van der Waals surface area contributed by atoms with E-state index in [1.165, 1.54) is 22.0 Å². The fourth-order valence-electron chi connectivity index (χ4n) is 2.65. The number of hydrogen-bond donors (Lipinski definition) is 2. The zero-order valence-corrected chi connectivity index (χ0v) is 9.63. The maximum absolute atomic E-state index is 5.33. The summed E-state index contributed by atoms with van der Waals surface area (Å²) in [5.74, 6) is 0.938. The minimum absolute atomic E-state index is 0.540. The van der Waals surface area contributed by atoms with Crippen LogP contribution >= 0.6 is 0 Å². The quantitative estimate of drug-likeness (QED) is 0.804. The number of aromatic nitrogens is 1. The molecule has 1 aliphatic carbocycles. The van der Waals surface area contributed by atoms with Gasteiger partial charge in [-0.1, -0.05) is 0 Å². The number of hydrogen-bond acceptors (Lipinski definition) is 2. The third-order valence-corrected chi connectivity index (χ3v) is 3.49. The lowest BCUT2D eigenvalue weighted by atomic mass is 9.89. The Bertz CT molecular complexity index is 530. The van der Waals surface area contributed by atoms with Gasteiger partial charge in [-0.05, 0) is 37.1 Å². The third kappa shape index (κ3) is 1.32. The smallest absolute Gasteiger partial charge is 0.121 e. The van der Waals surface area contributed by atoms with Gasteiger partial charge in [0.25, 0.3) is 0 Å². The number of H-pyrrole nitrogens is 1. The second-order valence-electron chi connectivity index (χ2n) is 4.42. The normalized spacial score (nSPS) is 19.0. The van der Waals surface area contributed by atoms with Crippen LogP contribution in [0.15, 0.2) is 18.3 Å². The van der Waals surface area contributed by atoms with Crippen molar-refractivity contribution in [1.29, 1.82) is 0 Å². The highest BCUT2D eigenvalue weighted by atomic mass is 16.5. The van der Waals surface area contributed by atoms with E-state index in [-0.39, 0.29) is 0 Å². The van der Waals surface area contributed by atoms with Gasteiger partial charge in [0.05, 0.1) is 7.11 Å². The van der Waals surface area contributed by atoms with Crippen LogP contribution in [0.25, 0.3) is 10.9 Å². The number of likely N-dealkylation sites (N-methyl/N-ethyl adjacent to an activating group) is 1. The van der Waals surface area contributed by atoms with Crippen molar-refractivity contribution in [2.45, 2.75) is 18.9 Å². The molecule has 0 bridgehead atoms. The van der Waals surface area contributed by atoms with Gasteiger partial charge in [0.2, 0.25) is 0 Å². The number of nitrogens with one attached hydrogen (secondary N) is 2. The Balaban J connectivity index is 2.20. The molecule has 3 heteroatoms. The summed E-state index contributed by atoms with van der Waals surface area (Å²) in [7, 11) is 3.75. The fourth-order valence-corrected chi connectivity index (χ4v) is 2.65. The number of rotatable bonds is 2. The van der Waals surface area contributed by atoms with Crippen molar-refractivity contribution in [3.8, 4) is 5.75 Å². The lowest BCUT2D eigenvalue weighted by Crippen LogP contribution is -2.31. The summed E-state index contributed by atoms with van der Waals surface area (Å²) in [6, 6.07) is 4.77. The monoisotopic (exact) mass is 216 g/mol. The van der Waals surface area contributed by atoms with Crippen molar-refractivity contribution >= 4 is 10.9 Å². The highest BCUT2D eigenvalue weighted by molar-refractivity contribution is 5.89. The highest BCUT2D eigenvalue weighted by Gasteiger charge is 2.21. The highest BCUT2D eigenvalue weighted by Crippen LogP contribution is 2.32. The molecule has 0 radical (unpaired) electrons. The van der Waals surface area contributed by atoms with Crippen LogP contribution in [-0.2, 0) is 12.8 Å². The van der Waals surface area contributed by atoms with Crippen LogP contribution in [0.4, 0.5) is 0 Å². The van der Waals surface area contributed by atoms with Gasteiger partial charge in [0, 0.05) is 29.2 Å². The lowest BCUT2D eigenvalue weighted by Gasteiger charge is -2.22. The van der Waals surface area contributed by atoms with E-state index in [0.29, 0.717) is 6.04 Å². The van der Waals surface area contributed by atoms with Crippen molar-refractivity contribution in [2.24, 2.45) is 0 Å². The average molecular weight is 216 g/mol. The molecule has 3 nitrogen and oxygen atoms in total. The standard InChI is InChI=1S/C13H16N2O/c1-14-10-3-8-5-11(16-2)6-12-13(8)9(4-10)7-15-12/h5-7,10,14-15H,3-4H2,1-2H3. The van der Waals surface area contributed by atoms with Gasteiger partial charge >= 0.3 is 0 Å². The number of methoxy groups -OCH3 is 1. The molecule has 0 fully saturated rings. The van der Waals surface area contributed by atoms with Gasteiger partial charge in [0.15, 0.2) is 0 Å². The first-order valence-electron chi connectivity index (χ1n) is 5.66. The summed E-state index contributed by atoms with van der Waals surface area (Å²) in [5, 5.41) is 4.76. The molecule has 1 atom stereocenters. The molecular weight excluding hydrogens is 200 g/mol. The van der Waals surface area contributed by atoms with Crippen molar-refractivity contribution in [3.05, 3.63) is 29.5 Å². The van der Waals surface area contributed by atoms with Crippen molar-refractivity contribution in [1.82, 2.24) is 10.3 Å². The Morgan fingerprint density at radius 2 is 2.12 bits per heavy atom. The first kappa shape index (κ1) is 9.73. The van der Waals surface area contributed by atoms with E-state index < -0.39 is 0 Å². The van der Waals surface area contributed by atoms with Crippen LogP contribution in [0.3, 0.4) is 0 Å². The Morgan fingerprint density at radius 1 is 1.31 bits per heavy atom. The van der Waals surface area contributed by atoms with Gasteiger partial charge in [-0.15, -0.1) is 0 Å². The molecule has 3 rings (SSSR count). The fraction of sp³-hybridized carbons (Fsp3) is 0.385. The van der Waals surface area contributed by atoms with Crippen LogP contribution in [0, 0.1) is 0 Å². The van der Waals surface area contributed by atoms with E-state index >= 15 is 0 Å². The summed E-state index contributed by atoms with van der Waals surface area (Å²) >= 11 is 0. The molecule has 0 spiro atoms. The second-order valence-corrected chi connectivity index (χ2v) is 4.42. The summed E-state index contributed by atoms with van der Waals surface area (Å²) in [5.41, 5.74) is 3.99. The molecule has 0 aliphatic heterocycles. The summed E-state index contributed by atoms with van der Waals surface area (Å²) < 4.78 is 5.33. The van der Waals surface area contributed by atoms with Crippen LogP contribution in [0.1, 0.15) is 11.1 Å². The summed E-state index contributed by atoms with van der Waals surface area (Å²) in [6.07, 6.45) is 4.31. The van der Waals surface area contributed by atoms with Crippen LogP contribution < -0.4 is 10.1 Å². The molecule has 16 heavy (non-hydrogen) atoms. The first-order chi connectivity index (χ1) is 7.81. The van der Waals surface area contributed by atoms with E-state index in [4.69, 9.17) is 4.74 Å². The Morgan fingerprint density at radius 3 is 2.88 bits per heavy atom. The number of benzene rings is 1. The molecular formula is C13H16N2O. The van der Waals surface area contributed by atoms with Crippen molar-refractivity contribution in [3.63, 3.8) is 0 Å². The molecule has 0 saturated carbocycles. The molecule has 1 aliphatic rings. The predicted molar refractivity (Wildman–Crippen MR) is 65.1 cm³/mol. The Labute approximate surface area is 94.8 Å². The van der Waals surface area contributed by atoms with E-state index in [1.54, 1.807) is 7.11 Å². The summed E-state index contributed by atoms with van der Waals surface area (Å²) in [6.45, 7) is 0. The van der Waals surface area contributed by atoms with Crippen molar-refractivity contribution < 1.29 is 4.74 Å². The molecule has 1 heterocycles. The minimum Gasteiger partial charge on any atom is -0.497 e. The third-order valence-electron chi connectivity index (χ3n) is 3.49. The predicted octanol–water partition coefficient (Wildman–Crippen LogP) is 1.86. The number of ether oxygens (including phenoxy) is 1. The van der Waals surface area contributed by atoms with E-state index in [0.717, 1.165) is 18.6 Å². The van der Waals surface area contributed by atoms with Gasteiger partial charge < -0.3 is 15.0 Å². The minimum atomic E-state index is 0.540. The maximum Gasteiger partial charge on any atom is 0.121 e. The number of aromatic amines is 1. The van der Waals surface area contributed by atoms with Crippen LogP contribution in [0.5, 0.6) is 5.75 Å². The van der Waals surface area contributed by atoms with E-state index in [2.05, 4.69) is 28.6 Å². The Kier molecular flexibility index (Phi) is 2.14. The van der Waals surface area contributed by atoms with Gasteiger partial charge in [-0.3, -0.25) is 0 Å².